The van der Waals surface area contributed by atoms with Crippen LogP contribution in [0.4, 0.5) is 18.9 Å². The van der Waals surface area contributed by atoms with Gasteiger partial charge >= 0.3 is 12.1 Å². The molecule has 2 aromatic rings. The van der Waals surface area contributed by atoms with Crippen molar-refractivity contribution in [1.82, 2.24) is 14.6 Å². The number of ether oxygens (including phenoxy) is 1. The molecule has 24 heavy (non-hydrogen) atoms. The lowest BCUT2D eigenvalue weighted by Crippen LogP contribution is -2.28. The van der Waals surface area contributed by atoms with Crippen LogP contribution in [0.5, 0.6) is 0 Å². The largest absolute Gasteiger partial charge is 0.459 e. The molecule has 2 heterocycles. The molecule has 2 rings (SSSR count). The van der Waals surface area contributed by atoms with E-state index in [0.717, 1.165) is 10.7 Å². The summed E-state index contributed by atoms with van der Waals surface area (Å²) in [7, 11) is 0. The molecular formula is C14H16ClF3N4O2. The molecule has 0 saturated carbocycles. The maximum atomic E-state index is 12.6. The number of aromatic nitrogens is 3. The van der Waals surface area contributed by atoms with Gasteiger partial charge < -0.3 is 10.1 Å². The van der Waals surface area contributed by atoms with Gasteiger partial charge in [-0.2, -0.15) is 18.3 Å². The van der Waals surface area contributed by atoms with Gasteiger partial charge in [0.05, 0.1) is 24.0 Å². The average molecular weight is 365 g/mol. The van der Waals surface area contributed by atoms with Gasteiger partial charge in [0.1, 0.15) is 12.1 Å². The van der Waals surface area contributed by atoms with Crippen LogP contribution >= 0.6 is 11.6 Å². The monoisotopic (exact) mass is 364 g/mol. The maximum absolute atomic E-state index is 12.6. The van der Waals surface area contributed by atoms with Gasteiger partial charge in [-0.05, 0) is 20.8 Å². The summed E-state index contributed by atoms with van der Waals surface area (Å²) in [6.07, 6.45) is -4.51. The first kappa shape index (κ1) is 18.3. The highest BCUT2D eigenvalue weighted by molar-refractivity contribution is 6.29. The number of fused-ring (bicyclic) bond motifs is 1. The summed E-state index contributed by atoms with van der Waals surface area (Å²) in [5, 5.41) is 6.56. The minimum atomic E-state index is -4.40. The van der Waals surface area contributed by atoms with Gasteiger partial charge in [0.15, 0.2) is 10.8 Å². The Morgan fingerprint density at radius 2 is 2.04 bits per heavy atom. The Labute approximate surface area is 141 Å². The van der Waals surface area contributed by atoms with Crippen LogP contribution in [0.15, 0.2) is 12.3 Å². The molecule has 0 atom stereocenters. The van der Waals surface area contributed by atoms with Gasteiger partial charge in [0.25, 0.3) is 0 Å². The Kier molecular flexibility index (Phi) is 4.93. The van der Waals surface area contributed by atoms with Crippen molar-refractivity contribution in [2.24, 2.45) is 0 Å². The van der Waals surface area contributed by atoms with Crippen LogP contribution in [0.1, 0.15) is 26.5 Å². The molecule has 0 unspecified atom stereocenters. The van der Waals surface area contributed by atoms with E-state index in [0.29, 0.717) is 0 Å². The highest BCUT2D eigenvalue weighted by Crippen LogP contribution is 2.25. The highest BCUT2D eigenvalue weighted by Gasteiger charge is 2.30. The van der Waals surface area contributed by atoms with Crippen molar-refractivity contribution in [3.05, 3.63) is 23.1 Å². The third-order valence-corrected chi connectivity index (χ3v) is 2.92. The van der Waals surface area contributed by atoms with Crippen molar-refractivity contribution in [1.29, 1.82) is 0 Å². The van der Waals surface area contributed by atoms with E-state index in [9.17, 15) is 18.0 Å². The molecule has 0 fully saturated rings. The van der Waals surface area contributed by atoms with Crippen LogP contribution in [0.2, 0.25) is 5.15 Å². The number of hydrogen-bond donors (Lipinski definition) is 1. The molecular weight excluding hydrogens is 349 g/mol. The lowest BCUT2D eigenvalue weighted by molar-refractivity contribution is -0.152. The highest BCUT2D eigenvalue weighted by atomic mass is 35.5. The lowest BCUT2D eigenvalue weighted by Gasteiger charge is -2.19. The van der Waals surface area contributed by atoms with Gasteiger partial charge in [-0.1, -0.05) is 11.6 Å². The number of rotatable bonds is 4. The first-order valence-corrected chi connectivity index (χ1v) is 7.38. The van der Waals surface area contributed by atoms with E-state index >= 15 is 0 Å². The predicted octanol–water partition coefficient (Wildman–Crippen LogP) is 3.24. The second-order valence-corrected chi connectivity index (χ2v) is 6.48. The molecule has 0 amide bonds. The van der Waals surface area contributed by atoms with Crippen molar-refractivity contribution in [2.45, 2.75) is 39.0 Å². The molecule has 6 nitrogen and oxygen atoms in total. The first-order valence-electron chi connectivity index (χ1n) is 7.00. The van der Waals surface area contributed by atoms with Gasteiger partial charge in [0, 0.05) is 6.07 Å². The molecule has 10 heteroatoms. The molecule has 2 aromatic heterocycles. The summed E-state index contributed by atoms with van der Waals surface area (Å²) in [6, 6.07) is 1.38. The smallest absolute Gasteiger partial charge is 0.394 e. The van der Waals surface area contributed by atoms with Crippen molar-refractivity contribution in [3.8, 4) is 0 Å². The number of nitrogens with zero attached hydrogens (tertiary/aromatic N) is 3. The molecule has 0 aliphatic carbocycles. The van der Waals surface area contributed by atoms with Crippen molar-refractivity contribution >= 4 is 28.9 Å². The van der Waals surface area contributed by atoms with Crippen LogP contribution in [0.3, 0.4) is 0 Å². The number of imidazole rings is 1. The zero-order valence-corrected chi connectivity index (χ0v) is 14.0. The lowest BCUT2D eigenvalue weighted by atomic mass is 10.2. The number of nitrogens with one attached hydrogen (secondary N) is 1. The Morgan fingerprint density at radius 1 is 1.38 bits per heavy atom. The quantitative estimate of drug-likeness (QED) is 0.843. The van der Waals surface area contributed by atoms with Gasteiger partial charge in [-0.15, -0.1) is 0 Å². The predicted molar refractivity (Wildman–Crippen MR) is 82.1 cm³/mol. The summed E-state index contributed by atoms with van der Waals surface area (Å²) in [5.74, 6) is -0.518. The van der Waals surface area contributed by atoms with Crippen LogP contribution < -0.4 is 5.32 Å². The summed E-state index contributed by atoms with van der Waals surface area (Å²) in [5.41, 5.74) is -0.367. The molecule has 132 valence electrons. The Morgan fingerprint density at radius 3 is 2.62 bits per heavy atom. The molecule has 0 aliphatic heterocycles. The number of hydrogen-bond acceptors (Lipinski definition) is 5. The maximum Gasteiger partial charge on any atom is 0.394 e. The molecule has 0 radical (unpaired) electrons. The van der Waals surface area contributed by atoms with Crippen molar-refractivity contribution in [3.63, 3.8) is 0 Å². The number of anilines is 1. The fourth-order valence-corrected chi connectivity index (χ4v) is 2.17. The number of halogens is 4. The topological polar surface area (TPSA) is 68.5 Å². The van der Waals surface area contributed by atoms with Crippen molar-refractivity contribution < 1.29 is 22.7 Å². The molecule has 0 saturated heterocycles. The zero-order valence-electron chi connectivity index (χ0n) is 13.2. The third-order valence-electron chi connectivity index (χ3n) is 2.73. The Bertz CT molecular complexity index is 753. The van der Waals surface area contributed by atoms with Crippen LogP contribution in [-0.4, -0.2) is 38.9 Å². The summed E-state index contributed by atoms with van der Waals surface area (Å²) in [6.45, 7) is 4.99. The zero-order chi connectivity index (χ0) is 18.1. The van der Waals surface area contributed by atoms with Gasteiger partial charge in [-0.3, -0.25) is 4.79 Å². The fraction of sp³-hybridized carbons (Fsp3) is 0.500. The third kappa shape index (κ3) is 4.98. The van der Waals surface area contributed by atoms with E-state index in [2.05, 4.69) is 15.4 Å². The molecule has 0 aromatic carbocycles. The van der Waals surface area contributed by atoms with E-state index in [4.69, 9.17) is 16.3 Å². The molecule has 0 bridgehead atoms. The van der Waals surface area contributed by atoms with Gasteiger partial charge in [-0.25, -0.2) is 9.50 Å². The normalized spacial score (nSPS) is 12.5. The number of carbonyl (C=O) groups excluding carboxylic acids is 1. The summed E-state index contributed by atoms with van der Waals surface area (Å²) >= 11 is 5.85. The molecule has 0 aliphatic rings. The van der Waals surface area contributed by atoms with Gasteiger partial charge in [0.2, 0.25) is 0 Å². The Hall–Kier alpha value is -2.03. The number of carbonyl (C=O) groups is 1. The minimum Gasteiger partial charge on any atom is -0.459 e. The first-order chi connectivity index (χ1) is 10.9. The molecule has 1 N–H and O–H groups in total. The summed E-state index contributed by atoms with van der Waals surface area (Å²) in [4.78, 5) is 15.7. The number of alkyl halides is 3. The Balaban J connectivity index is 2.23. The fourth-order valence-electron chi connectivity index (χ4n) is 1.99. The van der Waals surface area contributed by atoms with E-state index < -0.39 is 24.2 Å². The average Bonchev–Trinajstić information content (AvgIpc) is 2.75. The minimum absolute atomic E-state index is 0.0318. The summed E-state index contributed by atoms with van der Waals surface area (Å²) < 4.78 is 43.9. The van der Waals surface area contributed by atoms with E-state index in [1.807, 2.05) is 0 Å². The number of esters is 1. The standard InChI is InChI=1S/C14H16ClF3N4O2/c1-13(2,3)24-11(23)7-19-9-4-10(15)21-22-8(5-14(16,17)18)6-20-12(9)22/h4,6,19H,5,7H2,1-3H3. The van der Waals surface area contributed by atoms with E-state index in [1.54, 1.807) is 20.8 Å². The molecule has 0 spiro atoms. The van der Waals surface area contributed by atoms with Crippen molar-refractivity contribution in [2.75, 3.05) is 11.9 Å². The van der Waals surface area contributed by atoms with Crippen LogP contribution in [0.25, 0.3) is 5.65 Å². The van der Waals surface area contributed by atoms with Crippen LogP contribution in [0, 0.1) is 0 Å². The van der Waals surface area contributed by atoms with E-state index in [-0.39, 0.29) is 28.7 Å². The second kappa shape index (κ2) is 6.46. The second-order valence-electron chi connectivity index (χ2n) is 6.10. The van der Waals surface area contributed by atoms with E-state index in [1.165, 1.54) is 6.07 Å². The SMILES string of the molecule is CC(C)(C)OC(=O)CNc1cc(Cl)nn2c(CC(F)(F)F)cnc12. The van der Waals surface area contributed by atoms with Crippen LogP contribution in [-0.2, 0) is 16.0 Å².